The van der Waals surface area contributed by atoms with Crippen LogP contribution in [0.3, 0.4) is 0 Å². The van der Waals surface area contributed by atoms with Crippen LogP contribution in [0.15, 0.2) is 53.5 Å². The Kier molecular flexibility index (Phi) is 5.31. The Morgan fingerprint density at radius 2 is 1.77 bits per heavy atom. The van der Waals surface area contributed by atoms with Gasteiger partial charge in [-0.3, -0.25) is 4.99 Å². The molecule has 0 spiro atoms. The second kappa shape index (κ2) is 7.41. The molecule has 0 unspecified atom stereocenters. The van der Waals surface area contributed by atoms with E-state index in [9.17, 15) is 4.79 Å². The molecule has 0 amide bonds. The summed E-state index contributed by atoms with van der Waals surface area (Å²) in [5.41, 5.74) is 2.98. The first-order valence-corrected chi connectivity index (χ1v) is 6.99. The van der Waals surface area contributed by atoms with Gasteiger partial charge in [0.25, 0.3) is 0 Å². The smallest absolute Gasteiger partial charge is 0.356 e. The maximum atomic E-state index is 11.8. The molecule has 0 aliphatic carbocycles. The molecule has 0 heterocycles. The minimum absolute atomic E-state index is 0.298. The Bertz CT molecular complexity index is 692. The summed E-state index contributed by atoms with van der Waals surface area (Å²) in [6, 6.07) is 15.3. The van der Waals surface area contributed by atoms with Crippen LogP contribution < -0.4 is 4.74 Å². The molecule has 0 bridgehead atoms. The Balaban J connectivity index is 2.26. The van der Waals surface area contributed by atoms with Gasteiger partial charge < -0.3 is 9.47 Å². The van der Waals surface area contributed by atoms with Gasteiger partial charge in [0.1, 0.15) is 12.4 Å². The van der Waals surface area contributed by atoms with Crippen molar-refractivity contribution in [3.05, 3.63) is 65.2 Å². The van der Waals surface area contributed by atoms with Crippen molar-refractivity contribution in [1.82, 2.24) is 0 Å². The lowest BCUT2D eigenvalue weighted by molar-refractivity contribution is -0.132. The fourth-order valence-corrected chi connectivity index (χ4v) is 2.17. The number of carbonyl (C=O) groups excluding carboxylic acids is 1. The van der Waals surface area contributed by atoms with Gasteiger partial charge in [-0.1, -0.05) is 42.5 Å². The summed E-state index contributed by atoms with van der Waals surface area (Å²) in [6.45, 7) is 2.35. The zero-order valence-electron chi connectivity index (χ0n) is 13.0. The third kappa shape index (κ3) is 3.52. The van der Waals surface area contributed by atoms with Crippen molar-refractivity contribution in [2.24, 2.45) is 4.99 Å². The second-order valence-electron chi connectivity index (χ2n) is 4.78. The summed E-state index contributed by atoms with van der Waals surface area (Å²) < 4.78 is 10.6. The van der Waals surface area contributed by atoms with E-state index in [4.69, 9.17) is 9.47 Å². The lowest BCUT2D eigenvalue weighted by atomic mass is 10.0. The van der Waals surface area contributed by atoms with Gasteiger partial charge in [-0.15, -0.1) is 0 Å². The van der Waals surface area contributed by atoms with Crippen molar-refractivity contribution in [3.63, 3.8) is 0 Å². The van der Waals surface area contributed by atoms with E-state index in [0.717, 1.165) is 22.4 Å². The van der Waals surface area contributed by atoms with Crippen LogP contribution in [0.4, 0.5) is 0 Å². The largest absolute Gasteiger partial charge is 0.489 e. The predicted octanol–water partition coefficient (Wildman–Crippen LogP) is 3.17. The molecule has 22 heavy (non-hydrogen) atoms. The van der Waals surface area contributed by atoms with E-state index < -0.39 is 5.97 Å². The number of aliphatic imine (C=N–C) groups is 1. The van der Waals surface area contributed by atoms with Gasteiger partial charge in [-0.2, -0.15) is 0 Å². The molecule has 114 valence electrons. The topological polar surface area (TPSA) is 47.9 Å². The monoisotopic (exact) mass is 297 g/mol. The maximum Gasteiger partial charge on any atom is 0.356 e. The summed E-state index contributed by atoms with van der Waals surface area (Å²) in [5, 5.41) is 0. The summed E-state index contributed by atoms with van der Waals surface area (Å²) in [5.74, 6) is 0.371. The molecule has 2 rings (SSSR count). The van der Waals surface area contributed by atoms with Gasteiger partial charge in [0, 0.05) is 12.6 Å². The van der Waals surface area contributed by atoms with Gasteiger partial charge in [0.05, 0.1) is 7.11 Å². The van der Waals surface area contributed by atoms with E-state index in [-0.39, 0.29) is 0 Å². The molecular formula is C18H19NO3. The molecule has 2 aromatic rings. The maximum absolute atomic E-state index is 11.8. The number of rotatable bonds is 5. The van der Waals surface area contributed by atoms with Crippen molar-refractivity contribution in [2.45, 2.75) is 13.5 Å². The predicted molar refractivity (Wildman–Crippen MR) is 86.4 cm³/mol. The fraction of sp³-hybridized carbons (Fsp3) is 0.222. The number of para-hydroxylation sites is 1. The van der Waals surface area contributed by atoms with E-state index >= 15 is 0 Å². The molecular weight excluding hydrogens is 278 g/mol. The molecule has 0 saturated carbocycles. The zero-order chi connectivity index (χ0) is 15.9. The SMILES string of the molecule is C/N=C(/C(=O)OC)c1ccccc1COc1ccccc1C. The van der Waals surface area contributed by atoms with Crippen LogP contribution >= 0.6 is 0 Å². The molecule has 0 aliphatic rings. The van der Waals surface area contributed by atoms with Crippen LogP contribution in [0, 0.1) is 6.92 Å². The van der Waals surface area contributed by atoms with Crippen LogP contribution in [0.25, 0.3) is 0 Å². The molecule has 0 saturated heterocycles. The molecule has 0 atom stereocenters. The molecule has 0 fully saturated rings. The van der Waals surface area contributed by atoms with Gasteiger partial charge in [0.15, 0.2) is 5.71 Å². The highest BCUT2D eigenvalue weighted by molar-refractivity contribution is 6.43. The highest BCUT2D eigenvalue weighted by Crippen LogP contribution is 2.19. The van der Waals surface area contributed by atoms with Gasteiger partial charge >= 0.3 is 5.97 Å². The number of ether oxygens (including phenoxy) is 2. The number of nitrogens with zero attached hydrogens (tertiary/aromatic N) is 1. The third-order valence-corrected chi connectivity index (χ3v) is 3.35. The first kappa shape index (κ1) is 15.8. The zero-order valence-corrected chi connectivity index (χ0v) is 13.0. The summed E-state index contributed by atoms with van der Waals surface area (Å²) in [7, 11) is 2.92. The lowest BCUT2D eigenvalue weighted by Gasteiger charge is -2.13. The van der Waals surface area contributed by atoms with E-state index in [2.05, 4.69) is 4.99 Å². The van der Waals surface area contributed by atoms with E-state index in [1.165, 1.54) is 7.11 Å². The molecule has 0 radical (unpaired) electrons. The Morgan fingerprint density at radius 3 is 2.45 bits per heavy atom. The van der Waals surface area contributed by atoms with Gasteiger partial charge in [-0.05, 0) is 24.1 Å². The summed E-state index contributed by atoms with van der Waals surface area (Å²) in [4.78, 5) is 15.9. The number of hydrogen-bond acceptors (Lipinski definition) is 4. The van der Waals surface area contributed by atoms with Gasteiger partial charge in [-0.25, -0.2) is 4.79 Å². The normalized spacial score (nSPS) is 11.1. The summed E-state index contributed by atoms with van der Waals surface area (Å²) in [6.07, 6.45) is 0. The van der Waals surface area contributed by atoms with Gasteiger partial charge in [0.2, 0.25) is 0 Å². The Morgan fingerprint density at radius 1 is 1.09 bits per heavy atom. The second-order valence-corrected chi connectivity index (χ2v) is 4.78. The Hall–Kier alpha value is -2.62. The average molecular weight is 297 g/mol. The molecule has 0 aliphatic heterocycles. The van der Waals surface area contributed by atoms with Crippen molar-refractivity contribution < 1.29 is 14.3 Å². The minimum atomic E-state index is -0.453. The van der Waals surface area contributed by atoms with Crippen molar-refractivity contribution in [3.8, 4) is 5.75 Å². The van der Waals surface area contributed by atoms with Crippen LogP contribution in [-0.4, -0.2) is 25.8 Å². The van der Waals surface area contributed by atoms with Crippen LogP contribution in [0.2, 0.25) is 0 Å². The number of carbonyl (C=O) groups is 1. The highest BCUT2D eigenvalue weighted by Gasteiger charge is 2.17. The number of esters is 1. The third-order valence-electron chi connectivity index (χ3n) is 3.35. The van der Waals surface area contributed by atoms with E-state index in [0.29, 0.717) is 12.3 Å². The summed E-state index contributed by atoms with van der Waals surface area (Å²) >= 11 is 0. The fourth-order valence-electron chi connectivity index (χ4n) is 2.17. The number of hydrogen-bond donors (Lipinski definition) is 0. The molecule has 0 aromatic heterocycles. The first-order valence-electron chi connectivity index (χ1n) is 6.99. The van der Waals surface area contributed by atoms with E-state index in [1.807, 2.05) is 55.5 Å². The van der Waals surface area contributed by atoms with Crippen LogP contribution in [-0.2, 0) is 16.1 Å². The van der Waals surface area contributed by atoms with Crippen LogP contribution in [0.1, 0.15) is 16.7 Å². The first-order chi connectivity index (χ1) is 10.7. The number of benzene rings is 2. The lowest BCUT2D eigenvalue weighted by Crippen LogP contribution is -2.19. The molecule has 2 aromatic carbocycles. The van der Waals surface area contributed by atoms with Crippen molar-refractivity contribution in [1.29, 1.82) is 0 Å². The number of aryl methyl sites for hydroxylation is 1. The molecule has 0 N–H and O–H groups in total. The van der Waals surface area contributed by atoms with Crippen molar-refractivity contribution >= 4 is 11.7 Å². The minimum Gasteiger partial charge on any atom is -0.489 e. The quantitative estimate of drug-likeness (QED) is 0.629. The van der Waals surface area contributed by atoms with E-state index in [1.54, 1.807) is 7.05 Å². The van der Waals surface area contributed by atoms with Crippen molar-refractivity contribution in [2.75, 3.05) is 14.2 Å². The standard InChI is InChI=1S/C18H19NO3/c1-13-8-4-7-11-16(13)22-12-14-9-5-6-10-15(14)17(19-2)18(20)21-3/h4-11H,12H2,1-3H3/b19-17+. The molecule has 4 heteroatoms. The average Bonchev–Trinajstić information content (AvgIpc) is 2.55. The van der Waals surface area contributed by atoms with Crippen LogP contribution in [0.5, 0.6) is 5.75 Å². The highest BCUT2D eigenvalue weighted by atomic mass is 16.5. The number of methoxy groups -OCH3 is 1. The molecule has 4 nitrogen and oxygen atoms in total. The Labute approximate surface area is 130 Å².